The van der Waals surface area contributed by atoms with E-state index >= 15 is 0 Å². The van der Waals surface area contributed by atoms with Gasteiger partial charge in [0.1, 0.15) is 17.1 Å². The Labute approximate surface area is 193 Å². The highest BCUT2D eigenvalue weighted by Gasteiger charge is 2.47. The molecule has 180 valence electrons. The van der Waals surface area contributed by atoms with E-state index in [2.05, 4.69) is 15.7 Å². The molecule has 0 radical (unpaired) electrons. The number of halogens is 3. The van der Waals surface area contributed by atoms with Crippen molar-refractivity contribution in [2.45, 2.75) is 24.7 Å². The number of alkyl halides is 3. The molecule has 11 heteroatoms. The standard InChI is InChI=1S/C23H23F3N4O4/c1-32-15-7-5-14(6-8-15)28-22(31)16-12-27-30-20(23(24,25)26)11-17(29-21(16)30)13-4-9-18(33-2)19(10-13)34-3/h4-10,12,17,20,29H,11H2,1-3H3,(H,28,31)/t17-,20-/m0/s1. The molecule has 0 saturated heterocycles. The molecule has 34 heavy (non-hydrogen) atoms. The third-order valence-corrected chi connectivity index (χ3v) is 5.64. The molecular formula is C23H23F3N4O4. The molecule has 8 nitrogen and oxygen atoms in total. The largest absolute Gasteiger partial charge is 0.497 e. The van der Waals surface area contributed by atoms with Gasteiger partial charge in [-0.25, -0.2) is 4.68 Å². The highest BCUT2D eigenvalue weighted by Crippen LogP contribution is 2.45. The molecule has 3 aromatic rings. The number of nitrogens with one attached hydrogen (secondary N) is 2. The Morgan fingerprint density at radius 3 is 2.38 bits per heavy atom. The molecule has 0 spiro atoms. The quantitative estimate of drug-likeness (QED) is 0.531. The minimum absolute atomic E-state index is 0.00440. The summed E-state index contributed by atoms with van der Waals surface area (Å²) in [6, 6.07) is 8.83. The van der Waals surface area contributed by atoms with E-state index in [9.17, 15) is 18.0 Å². The van der Waals surface area contributed by atoms with Crippen molar-refractivity contribution >= 4 is 17.4 Å². The van der Waals surface area contributed by atoms with Gasteiger partial charge in [-0.15, -0.1) is 0 Å². The van der Waals surface area contributed by atoms with Crippen LogP contribution in [-0.2, 0) is 0 Å². The van der Waals surface area contributed by atoms with Crippen molar-refractivity contribution < 1.29 is 32.2 Å². The van der Waals surface area contributed by atoms with Crippen molar-refractivity contribution in [3.05, 3.63) is 59.8 Å². The zero-order valence-electron chi connectivity index (χ0n) is 18.6. The molecule has 2 N–H and O–H groups in total. The number of nitrogens with zero attached hydrogens (tertiary/aromatic N) is 2. The van der Waals surface area contributed by atoms with Crippen LogP contribution in [0.25, 0.3) is 0 Å². The predicted molar refractivity (Wildman–Crippen MR) is 119 cm³/mol. The maximum Gasteiger partial charge on any atom is 0.410 e. The Morgan fingerprint density at radius 2 is 1.76 bits per heavy atom. The summed E-state index contributed by atoms with van der Waals surface area (Å²) in [5.74, 6) is 0.849. The number of carbonyl (C=O) groups is 1. The Morgan fingerprint density at radius 1 is 1.06 bits per heavy atom. The number of anilines is 2. The smallest absolute Gasteiger partial charge is 0.410 e. The van der Waals surface area contributed by atoms with Gasteiger partial charge in [-0.1, -0.05) is 6.07 Å². The molecule has 1 aliphatic rings. The molecule has 2 heterocycles. The molecule has 0 saturated carbocycles. The summed E-state index contributed by atoms with van der Waals surface area (Å²) in [6.45, 7) is 0. The van der Waals surface area contributed by atoms with Crippen LogP contribution in [0.1, 0.15) is 34.4 Å². The van der Waals surface area contributed by atoms with Gasteiger partial charge in [0.05, 0.1) is 33.6 Å². The first-order valence-electron chi connectivity index (χ1n) is 10.3. The van der Waals surface area contributed by atoms with Crippen molar-refractivity contribution in [3.63, 3.8) is 0 Å². The fraction of sp³-hybridized carbons (Fsp3) is 0.304. The van der Waals surface area contributed by atoms with Crippen molar-refractivity contribution in [3.8, 4) is 17.2 Å². The van der Waals surface area contributed by atoms with Gasteiger partial charge >= 0.3 is 6.18 Å². The van der Waals surface area contributed by atoms with Crippen LogP contribution in [0.4, 0.5) is 24.7 Å². The Bertz CT molecular complexity index is 1180. The number of hydrogen-bond donors (Lipinski definition) is 2. The lowest BCUT2D eigenvalue weighted by Crippen LogP contribution is -2.36. The van der Waals surface area contributed by atoms with Crippen LogP contribution >= 0.6 is 0 Å². The van der Waals surface area contributed by atoms with E-state index < -0.39 is 24.2 Å². The lowest BCUT2D eigenvalue weighted by Gasteiger charge is -2.34. The van der Waals surface area contributed by atoms with E-state index in [-0.39, 0.29) is 17.8 Å². The number of amides is 1. The zero-order valence-corrected chi connectivity index (χ0v) is 18.6. The zero-order chi connectivity index (χ0) is 24.5. The van der Waals surface area contributed by atoms with Crippen LogP contribution in [0.2, 0.25) is 0 Å². The minimum Gasteiger partial charge on any atom is -0.497 e. The highest BCUT2D eigenvalue weighted by molar-refractivity contribution is 6.07. The maximum atomic E-state index is 14.0. The normalized spacial score (nSPS) is 17.4. The SMILES string of the molecule is COc1ccc(NC(=O)c2cnn3c2N[C@H](c2ccc(OC)c(OC)c2)C[C@H]3C(F)(F)F)cc1. The van der Waals surface area contributed by atoms with E-state index in [0.717, 1.165) is 10.9 Å². The van der Waals surface area contributed by atoms with Crippen molar-refractivity contribution in [2.24, 2.45) is 0 Å². The fourth-order valence-electron chi connectivity index (χ4n) is 3.89. The van der Waals surface area contributed by atoms with Gasteiger partial charge in [0.2, 0.25) is 0 Å². The van der Waals surface area contributed by atoms with Gasteiger partial charge in [-0.2, -0.15) is 18.3 Å². The van der Waals surface area contributed by atoms with E-state index in [1.54, 1.807) is 42.5 Å². The van der Waals surface area contributed by atoms with Crippen molar-refractivity contribution in [1.29, 1.82) is 0 Å². The van der Waals surface area contributed by atoms with Gasteiger partial charge in [0.25, 0.3) is 5.91 Å². The van der Waals surface area contributed by atoms with Crippen molar-refractivity contribution in [2.75, 3.05) is 32.0 Å². The Balaban J connectivity index is 1.67. The average molecular weight is 476 g/mol. The monoisotopic (exact) mass is 476 g/mol. The average Bonchev–Trinajstić information content (AvgIpc) is 3.27. The van der Waals surface area contributed by atoms with Crippen LogP contribution < -0.4 is 24.8 Å². The molecule has 0 bridgehead atoms. The van der Waals surface area contributed by atoms with Gasteiger partial charge in [-0.3, -0.25) is 4.79 Å². The van der Waals surface area contributed by atoms with E-state index in [1.807, 2.05) is 0 Å². The summed E-state index contributed by atoms with van der Waals surface area (Å²) in [5, 5.41) is 9.64. The molecular weight excluding hydrogens is 453 g/mol. The van der Waals surface area contributed by atoms with E-state index in [1.165, 1.54) is 21.3 Å². The van der Waals surface area contributed by atoms with Gasteiger partial charge in [0.15, 0.2) is 17.5 Å². The number of carbonyl (C=O) groups excluding carboxylic acids is 1. The Kier molecular flexibility index (Phi) is 6.27. The van der Waals surface area contributed by atoms with Crippen LogP contribution in [0.3, 0.4) is 0 Å². The first kappa shape index (κ1) is 23.3. The third kappa shape index (κ3) is 4.45. The van der Waals surface area contributed by atoms with Gasteiger partial charge in [0, 0.05) is 12.1 Å². The first-order valence-corrected chi connectivity index (χ1v) is 10.3. The van der Waals surface area contributed by atoms with Crippen LogP contribution in [0.15, 0.2) is 48.7 Å². The lowest BCUT2D eigenvalue weighted by atomic mass is 9.96. The highest BCUT2D eigenvalue weighted by atomic mass is 19.4. The number of methoxy groups -OCH3 is 3. The second-order valence-corrected chi connectivity index (χ2v) is 7.64. The van der Waals surface area contributed by atoms with Crippen LogP contribution in [0.5, 0.6) is 17.2 Å². The third-order valence-electron chi connectivity index (χ3n) is 5.64. The summed E-state index contributed by atoms with van der Waals surface area (Å²) < 4.78 is 58.3. The molecule has 1 aromatic heterocycles. The number of hydrogen-bond acceptors (Lipinski definition) is 6. The van der Waals surface area contributed by atoms with Gasteiger partial charge in [-0.05, 0) is 42.0 Å². The summed E-state index contributed by atoms with van der Waals surface area (Å²) in [4.78, 5) is 12.9. The molecule has 0 fully saturated rings. The second-order valence-electron chi connectivity index (χ2n) is 7.64. The molecule has 2 aromatic carbocycles. The second kappa shape index (κ2) is 9.16. The van der Waals surface area contributed by atoms with Gasteiger partial charge < -0.3 is 24.8 Å². The van der Waals surface area contributed by atoms with E-state index in [0.29, 0.717) is 28.5 Å². The molecule has 1 aliphatic heterocycles. The molecule has 1 amide bonds. The summed E-state index contributed by atoms with van der Waals surface area (Å²) in [7, 11) is 4.44. The van der Waals surface area contributed by atoms with Crippen molar-refractivity contribution in [1.82, 2.24) is 9.78 Å². The summed E-state index contributed by atoms with van der Waals surface area (Å²) in [6.07, 6.45) is -3.74. The minimum atomic E-state index is -4.57. The summed E-state index contributed by atoms with van der Waals surface area (Å²) >= 11 is 0. The molecule has 0 unspecified atom stereocenters. The number of rotatable bonds is 6. The summed E-state index contributed by atoms with van der Waals surface area (Å²) in [5.41, 5.74) is 1.02. The topological polar surface area (TPSA) is 86.6 Å². The maximum absolute atomic E-state index is 14.0. The number of ether oxygens (including phenoxy) is 3. The fourth-order valence-corrected chi connectivity index (χ4v) is 3.89. The van der Waals surface area contributed by atoms with Crippen LogP contribution in [0, 0.1) is 0 Å². The number of benzene rings is 2. The lowest BCUT2D eigenvalue weighted by molar-refractivity contribution is -0.173. The molecule has 2 atom stereocenters. The van der Waals surface area contributed by atoms with Crippen LogP contribution in [-0.4, -0.2) is 43.2 Å². The number of fused-ring (bicyclic) bond motifs is 1. The predicted octanol–water partition coefficient (Wildman–Crippen LogP) is 4.82. The number of aromatic nitrogens is 2. The molecule has 0 aliphatic carbocycles. The van der Waals surface area contributed by atoms with E-state index in [4.69, 9.17) is 14.2 Å². The first-order chi connectivity index (χ1) is 16.2. The Hall–Kier alpha value is -3.89. The molecule has 4 rings (SSSR count).